The number of thiophene rings is 1. The predicted octanol–water partition coefficient (Wildman–Crippen LogP) is 1.72. The number of nitrogens with zero attached hydrogens (tertiary/aromatic N) is 2. The monoisotopic (exact) mass is 346 g/mol. The van der Waals surface area contributed by atoms with E-state index in [1.807, 2.05) is 0 Å². The summed E-state index contributed by atoms with van der Waals surface area (Å²) in [6.45, 7) is 3.00. The number of aliphatic hydroxyl groups excluding tert-OH is 1. The van der Waals surface area contributed by atoms with Crippen molar-refractivity contribution in [3.05, 3.63) is 23.6 Å². The molecule has 0 spiro atoms. The van der Waals surface area contributed by atoms with E-state index in [-0.39, 0.29) is 17.3 Å². The molecule has 1 saturated heterocycles. The number of halogens is 1. The van der Waals surface area contributed by atoms with Crippen molar-refractivity contribution in [2.24, 2.45) is 0 Å². The van der Waals surface area contributed by atoms with E-state index in [0.717, 1.165) is 26.1 Å². The number of hydrogen-bond acceptors (Lipinski definition) is 6. The molecule has 120 valence electrons. The van der Waals surface area contributed by atoms with Gasteiger partial charge in [-0.2, -0.15) is 4.31 Å². The second-order valence-electron chi connectivity index (χ2n) is 5.22. The van der Waals surface area contributed by atoms with Gasteiger partial charge in [0.25, 0.3) is 10.0 Å². The molecule has 22 heavy (non-hydrogen) atoms. The molecule has 0 amide bonds. The highest BCUT2D eigenvalue weighted by atomic mass is 32.2. The van der Waals surface area contributed by atoms with Gasteiger partial charge in [0.1, 0.15) is 22.2 Å². The van der Waals surface area contributed by atoms with Crippen LogP contribution < -0.4 is 0 Å². The highest BCUT2D eigenvalue weighted by Crippen LogP contribution is 2.36. The van der Waals surface area contributed by atoms with E-state index >= 15 is 0 Å². The molecular formula is C13H15FN2O4S2. The molecule has 2 atom stereocenters. The molecule has 3 rings (SSSR count). The van der Waals surface area contributed by atoms with E-state index in [9.17, 15) is 17.9 Å². The van der Waals surface area contributed by atoms with Crippen LogP contribution in [0.3, 0.4) is 0 Å². The van der Waals surface area contributed by atoms with Crippen molar-refractivity contribution in [1.82, 2.24) is 9.46 Å². The van der Waals surface area contributed by atoms with E-state index in [0.29, 0.717) is 11.5 Å². The largest absolute Gasteiger partial charge is 0.389 e. The maximum atomic E-state index is 13.4. The average molecular weight is 346 g/mol. The Morgan fingerprint density at radius 1 is 1.41 bits per heavy atom. The van der Waals surface area contributed by atoms with E-state index in [4.69, 9.17) is 4.52 Å². The van der Waals surface area contributed by atoms with Gasteiger partial charge in [0, 0.05) is 18.0 Å². The highest BCUT2D eigenvalue weighted by molar-refractivity contribution is 7.91. The Kier molecular flexibility index (Phi) is 3.84. The van der Waals surface area contributed by atoms with Crippen LogP contribution in [0.25, 0.3) is 10.4 Å². The first-order valence-electron chi connectivity index (χ1n) is 6.66. The van der Waals surface area contributed by atoms with E-state index in [1.54, 1.807) is 19.9 Å². The summed E-state index contributed by atoms with van der Waals surface area (Å²) in [6, 6.07) is 3.17. The molecular weight excluding hydrogens is 331 g/mol. The lowest BCUT2D eigenvalue weighted by Crippen LogP contribution is -2.29. The molecule has 0 saturated carbocycles. The van der Waals surface area contributed by atoms with Crippen LogP contribution >= 0.6 is 11.3 Å². The first-order chi connectivity index (χ1) is 10.3. The lowest BCUT2D eigenvalue weighted by Gasteiger charge is -2.13. The molecule has 0 aromatic carbocycles. The molecule has 0 radical (unpaired) electrons. The molecule has 0 bridgehead atoms. The Morgan fingerprint density at radius 3 is 2.68 bits per heavy atom. The molecule has 1 aliphatic rings. The standard InChI is InChI=1S/C13H15FN2O4S2/c1-7-13(8(2)20-15-7)11-3-4-12(21-11)22(18,19)16-5-9(14)10(17)6-16/h3-4,9-10,17H,5-6H2,1-2H3/t9-,10-/m1/s1. The Hall–Kier alpha value is -1.29. The zero-order valence-corrected chi connectivity index (χ0v) is 13.6. The van der Waals surface area contributed by atoms with Gasteiger partial charge in [0.05, 0.1) is 11.3 Å². The molecule has 1 aliphatic heterocycles. The van der Waals surface area contributed by atoms with Gasteiger partial charge in [-0.15, -0.1) is 11.3 Å². The van der Waals surface area contributed by atoms with Crippen molar-refractivity contribution >= 4 is 21.4 Å². The zero-order chi connectivity index (χ0) is 16.1. The van der Waals surface area contributed by atoms with Crippen molar-refractivity contribution in [3.8, 4) is 10.4 Å². The van der Waals surface area contributed by atoms with Crippen LogP contribution in [0.1, 0.15) is 11.5 Å². The van der Waals surface area contributed by atoms with E-state index in [1.165, 1.54) is 6.07 Å². The summed E-state index contributed by atoms with van der Waals surface area (Å²) in [5.74, 6) is 0.615. The fourth-order valence-electron chi connectivity index (χ4n) is 2.47. The second kappa shape index (κ2) is 5.41. The number of alkyl halides is 1. The summed E-state index contributed by atoms with van der Waals surface area (Å²) in [7, 11) is -3.80. The zero-order valence-electron chi connectivity index (χ0n) is 12.0. The van der Waals surface area contributed by atoms with E-state index in [2.05, 4.69) is 5.16 Å². The Balaban J connectivity index is 1.94. The molecule has 2 aromatic heterocycles. The first-order valence-corrected chi connectivity index (χ1v) is 8.91. The second-order valence-corrected chi connectivity index (χ2v) is 8.47. The van der Waals surface area contributed by atoms with Crippen molar-refractivity contribution in [1.29, 1.82) is 0 Å². The van der Waals surface area contributed by atoms with Crippen LogP contribution in [0.2, 0.25) is 0 Å². The lowest BCUT2D eigenvalue weighted by molar-refractivity contribution is 0.117. The SMILES string of the molecule is Cc1noc(C)c1-c1ccc(S(=O)(=O)N2C[C@@H](O)[C@H](F)C2)s1. The quantitative estimate of drug-likeness (QED) is 0.915. The summed E-state index contributed by atoms with van der Waals surface area (Å²) in [5, 5.41) is 13.3. The number of aryl methyl sites for hydroxylation is 2. The molecule has 6 nitrogen and oxygen atoms in total. The van der Waals surface area contributed by atoms with Crippen LogP contribution in [0.5, 0.6) is 0 Å². The third kappa shape index (κ3) is 2.47. The third-order valence-electron chi connectivity index (χ3n) is 3.64. The fraction of sp³-hybridized carbons (Fsp3) is 0.462. The fourth-order valence-corrected chi connectivity index (χ4v) is 5.54. The van der Waals surface area contributed by atoms with Crippen molar-refractivity contribution in [2.75, 3.05) is 13.1 Å². The molecule has 3 heterocycles. The number of β-amino-alcohol motifs (C(OH)–C–C–N with tert-alkyl or cyclic N) is 1. The number of sulfonamides is 1. The van der Waals surface area contributed by atoms with Crippen molar-refractivity contribution in [2.45, 2.75) is 30.3 Å². The Labute approximate surface area is 131 Å². The predicted molar refractivity (Wildman–Crippen MR) is 79.0 cm³/mol. The van der Waals surface area contributed by atoms with Gasteiger partial charge < -0.3 is 9.63 Å². The summed E-state index contributed by atoms with van der Waals surface area (Å²) in [4.78, 5) is 0.728. The normalized spacial score (nSPS) is 23.3. The van der Waals surface area contributed by atoms with Crippen LogP contribution in [0, 0.1) is 13.8 Å². The van der Waals surface area contributed by atoms with Crippen LogP contribution in [-0.4, -0.2) is 48.4 Å². The molecule has 0 aliphatic carbocycles. The van der Waals surface area contributed by atoms with Gasteiger partial charge in [-0.05, 0) is 26.0 Å². The van der Waals surface area contributed by atoms with E-state index < -0.39 is 22.3 Å². The number of hydrogen-bond donors (Lipinski definition) is 1. The minimum absolute atomic E-state index is 0.115. The Bertz CT molecular complexity index is 769. The van der Waals surface area contributed by atoms with Crippen LogP contribution in [0.15, 0.2) is 20.9 Å². The summed E-state index contributed by atoms with van der Waals surface area (Å²) in [6.07, 6.45) is -2.81. The maximum absolute atomic E-state index is 13.4. The summed E-state index contributed by atoms with van der Waals surface area (Å²) < 4.78 is 44.5. The molecule has 2 aromatic rings. The van der Waals surface area contributed by atoms with Gasteiger partial charge >= 0.3 is 0 Å². The van der Waals surface area contributed by atoms with Crippen molar-refractivity contribution in [3.63, 3.8) is 0 Å². The highest BCUT2D eigenvalue weighted by Gasteiger charge is 2.39. The number of aromatic nitrogens is 1. The minimum atomic E-state index is -3.80. The van der Waals surface area contributed by atoms with Gasteiger partial charge in [0.2, 0.25) is 0 Å². The van der Waals surface area contributed by atoms with Gasteiger partial charge in [-0.25, -0.2) is 12.8 Å². The van der Waals surface area contributed by atoms with Gasteiger partial charge in [0.15, 0.2) is 0 Å². The smallest absolute Gasteiger partial charge is 0.252 e. The number of aliphatic hydroxyl groups is 1. The molecule has 1 N–H and O–H groups in total. The minimum Gasteiger partial charge on any atom is -0.389 e. The Morgan fingerprint density at radius 2 is 2.14 bits per heavy atom. The third-order valence-corrected chi connectivity index (χ3v) is 7.04. The van der Waals surface area contributed by atoms with Gasteiger partial charge in [-0.1, -0.05) is 5.16 Å². The number of rotatable bonds is 3. The first kappa shape index (κ1) is 15.6. The van der Waals surface area contributed by atoms with Crippen molar-refractivity contribution < 1.29 is 22.4 Å². The maximum Gasteiger partial charge on any atom is 0.252 e. The van der Waals surface area contributed by atoms with Crippen LogP contribution in [-0.2, 0) is 10.0 Å². The summed E-state index contributed by atoms with van der Waals surface area (Å²) in [5.41, 5.74) is 1.46. The molecule has 0 unspecified atom stereocenters. The molecule has 9 heteroatoms. The van der Waals surface area contributed by atoms with Crippen LogP contribution in [0.4, 0.5) is 4.39 Å². The van der Waals surface area contributed by atoms with Gasteiger partial charge in [-0.3, -0.25) is 0 Å². The lowest BCUT2D eigenvalue weighted by atomic mass is 10.2. The topological polar surface area (TPSA) is 83.6 Å². The molecule has 1 fully saturated rings. The average Bonchev–Trinajstić information content (AvgIpc) is 3.12. The summed E-state index contributed by atoms with van der Waals surface area (Å²) >= 11 is 1.08.